The van der Waals surface area contributed by atoms with E-state index in [0.29, 0.717) is 12.1 Å². The highest BCUT2D eigenvalue weighted by Gasteiger charge is 2.30. The zero-order valence-electron chi connectivity index (χ0n) is 14.8. The molecule has 0 radical (unpaired) electrons. The summed E-state index contributed by atoms with van der Waals surface area (Å²) in [5.41, 5.74) is 0.626. The van der Waals surface area contributed by atoms with Gasteiger partial charge < -0.3 is 10.2 Å². The first-order chi connectivity index (χ1) is 13.7. The molecular formula is C16H15F4N7O2. The Bertz CT molecular complexity index is 1020. The van der Waals surface area contributed by atoms with Crippen LogP contribution in [-0.2, 0) is 9.59 Å². The number of hydrogen-bond acceptors (Lipinski definition) is 7. The standard InChI is InChI=1S/C16H15F4N7O2/c17-10-1-2-26(6-10)15-24-12-9(3-8-4-11(28)23-13(8)29)5-22-27(12)14(25-15)21-7-16(18,19)20/h3,5,10H,1-2,4,6-7H2,(H,21,24,25)(H,23,28,29)/b8-3+/t10-/m0/s1. The Morgan fingerprint density at radius 3 is 2.72 bits per heavy atom. The number of aromatic nitrogens is 4. The molecule has 154 valence electrons. The minimum absolute atomic E-state index is 0.0242. The first-order valence-corrected chi connectivity index (χ1v) is 8.70. The van der Waals surface area contributed by atoms with Gasteiger partial charge in [-0.2, -0.15) is 32.8 Å². The second-order valence-corrected chi connectivity index (χ2v) is 6.71. The van der Waals surface area contributed by atoms with E-state index in [0.717, 1.165) is 4.52 Å². The van der Waals surface area contributed by atoms with Crippen LogP contribution in [0.1, 0.15) is 18.4 Å². The average molecular weight is 413 g/mol. The Balaban J connectivity index is 1.77. The fourth-order valence-corrected chi connectivity index (χ4v) is 3.13. The number of carbonyl (C=O) groups is 2. The number of halogens is 4. The molecule has 13 heteroatoms. The number of fused-ring (bicyclic) bond motifs is 1. The number of carbonyl (C=O) groups excluding carboxylic acids is 2. The molecule has 0 saturated carbocycles. The van der Waals surface area contributed by atoms with Crippen LogP contribution in [0, 0.1) is 0 Å². The van der Waals surface area contributed by atoms with E-state index in [-0.39, 0.29) is 42.5 Å². The number of amides is 2. The molecule has 2 aromatic rings. The van der Waals surface area contributed by atoms with Gasteiger partial charge in [0.05, 0.1) is 19.2 Å². The Morgan fingerprint density at radius 1 is 1.31 bits per heavy atom. The van der Waals surface area contributed by atoms with Crippen molar-refractivity contribution in [2.75, 3.05) is 29.9 Å². The molecule has 0 aliphatic carbocycles. The molecule has 1 atom stereocenters. The van der Waals surface area contributed by atoms with E-state index >= 15 is 0 Å². The first-order valence-electron chi connectivity index (χ1n) is 8.70. The van der Waals surface area contributed by atoms with Gasteiger partial charge in [-0.3, -0.25) is 14.9 Å². The predicted molar refractivity (Wildman–Crippen MR) is 92.8 cm³/mol. The van der Waals surface area contributed by atoms with Gasteiger partial charge in [0.15, 0.2) is 5.65 Å². The number of alkyl halides is 4. The molecular weight excluding hydrogens is 398 g/mol. The van der Waals surface area contributed by atoms with E-state index < -0.39 is 30.7 Å². The van der Waals surface area contributed by atoms with Crippen molar-refractivity contribution >= 4 is 35.4 Å². The second kappa shape index (κ2) is 6.97. The summed E-state index contributed by atoms with van der Waals surface area (Å²) in [6.45, 7) is -1.01. The lowest BCUT2D eigenvalue weighted by atomic mass is 10.1. The van der Waals surface area contributed by atoms with Crippen LogP contribution >= 0.6 is 0 Å². The summed E-state index contributed by atoms with van der Waals surface area (Å²) in [5.74, 6) is -1.18. The highest BCUT2D eigenvalue weighted by molar-refractivity contribution is 6.15. The number of hydrogen-bond donors (Lipinski definition) is 2. The lowest BCUT2D eigenvalue weighted by Crippen LogP contribution is -2.26. The van der Waals surface area contributed by atoms with Crippen LogP contribution in [0.15, 0.2) is 11.8 Å². The minimum atomic E-state index is -4.49. The van der Waals surface area contributed by atoms with Crippen molar-refractivity contribution < 1.29 is 27.2 Å². The molecule has 9 nitrogen and oxygen atoms in total. The van der Waals surface area contributed by atoms with E-state index in [4.69, 9.17) is 0 Å². The monoisotopic (exact) mass is 413 g/mol. The van der Waals surface area contributed by atoms with Crippen LogP contribution in [-0.4, -0.2) is 63.4 Å². The van der Waals surface area contributed by atoms with Gasteiger partial charge in [-0.25, -0.2) is 4.39 Å². The first kappa shape index (κ1) is 19.1. The fourth-order valence-electron chi connectivity index (χ4n) is 3.13. The number of imide groups is 1. The van der Waals surface area contributed by atoms with Crippen LogP contribution < -0.4 is 15.5 Å². The van der Waals surface area contributed by atoms with Crippen LogP contribution in [0.3, 0.4) is 0 Å². The lowest BCUT2D eigenvalue weighted by Gasteiger charge is -2.17. The number of nitrogens with one attached hydrogen (secondary N) is 2. The Labute approximate surface area is 160 Å². The maximum atomic E-state index is 13.6. The number of anilines is 2. The maximum Gasteiger partial charge on any atom is 0.405 e. The molecule has 2 aromatic heterocycles. The Hall–Kier alpha value is -3.25. The SMILES string of the molecule is O=C1C/C(=C\c2cnn3c(NCC(F)(F)F)nc(N4CC[C@H](F)C4)nc23)C(=O)N1. The summed E-state index contributed by atoms with van der Waals surface area (Å²) in [7, 11) is 0. The van der Waals surface area contributed by atoms with Gasteiger partial charge in [-0.15, -0.1) is 0 Å². The zero-order chi connectivity index (χ0) is 20.8. The van der Waals surface area contributed by atoms with Gasteiger partial charge in [0.2, 0.25) is 17.8 Å². The molecule has 2 aliphatic heterocycles. The van der Waals surface area contributed by atoms with E-state index in [2.05, 4.69) is 25.7 Å². The molecule has 29 heavy (non-hydrogen) atoms. The summed E-state index contributed by atoms with van der Waals surface area (Å²) in [6, 6.07) is 0. The van der Waals surface area contributed by atoms with Crippen LogP contribution in [0.2, 0.25) is 0 Å². The smallest absolute Gasteiger partial charge is 0.345 e. The number of rotatable bonds is 4. The van der Waals surface area contributed by atoms with Crippen molar-refractivity contribution in [3.8, 4) is 0 Å². The highest BCUT2D eigenvalue weighted by atomic mass is 19.4. The Kier molecular flexibility index (Phi) is 4.59. The summed E-state index contributed by atoms with van der Waals surface area (Å²) >= 11 is 0. The van der Waals surface area contributed by atoms with Gasteiger partial charge in [0, 0.05) is 17.7 Å². The highest BCUT2D eigenvalue weighted by Crippen LogP contribution is 2.25. The molecule has 4 heterocycles. The van der Waals surface area contributed by atoms with E-state index in [1.54, 1.807) is 0 Å². The molecule has 2 fully saturated rings. The van der Waals surface area contributed by atoms with Gasteiger partial charge >= 0.3 is 6.18 Å². The van der Waals surface area contributed by atoms with Crippen molar-refractivity contribution in [2.45, 2.75) is 25.2 Å². The van der Waals surface area contributed by atoms with Gasteiger partial charge in [-0.1, -0.05) is 0 Å². The normalized spacial score (nSPS) is 21.4. The third-order valence-corrected chi connectivity index (χ3v) is 4.47. The van der Waals surface area contributed by atoms with E-state index in [1.807, 2.05) is 0 Å². The molecule has 0 unspecified atom stereocenters. The number of nitrogens with zero attached hydrogens (tertiary/aromatic N) is 5. The summed E-state index contributed by atoms with van der Waals surface area (Å²) in [5, 5.41) is 8.31. The summed E-state index contributed by atoms with van der Waals surface area (Å²) in [4.78, 5) is 33.1. The van der Waals surface area contributed by atoms with Crippen LogP contribution in [0.5, 0.6) is 0 Å². The van der Waals surface area contributed by atoms with Crippen molar-refractivity contribution in [2.24, 2.45) is 0 Å². The van der Waals surface area contributed by atoms with Crippen LogP contribution in [0.4, 0.5) is 29.5 Å². The van der Waals surface area contributed by atoms with E-state index in [1.165, 1.54) is 17.2 Å². The molecule has 2 aliphatic rings. The molecule has 0 aromatic carbocycles. The lowest BCUT2D eigenvalue weighted by molar-refractivity contribution is -0.124. The predicted octanol–water partition coefficient (Wildman–Crippen LogP) is 1.08. The Morgan fingerprint density at radius 2 is 2.10 bits per heavy atom. The van der Waals surface area contributed by atoms with Crippen molar-refractivity contribution in [3.05, 3.63) is 17.3 Å². The minimum Gasteiger partial charge on any atom is -0.345 e. The average Bonchev–Trinajstić information content (AvgIpc) is 3.32. The maximum absolute atomic E-state index is 13.6. The van der Waals surface area contributed by atoms with Gasteiger partial charge in [0.1, 0.15) is 12.7 Å². The third kappa shape index (κ3) is 3.98. The van der Waals surface area contributed by atoms with E-state index in [9.17, 15) is 27.2 Å². The molecule has 0 bridgehead atoms. The van der Waals surface area contributed by atoms with Crippen molar-refractivity contribution in [3.63, 3.8) is 0 Å². The van der Waals surface area contributed by atoms with Gasteiger partial charge in [0.25, 0.3) is 5.91 Å². The topological polar surface area (TPSA) is 105 Å². The molecule has 2 N–H and O–H groups in total. The zero-order valence-corrected chi connectivity index (χ0v) is 14.8. The van der Waals surface area contributed by atoms with Crippen molar-refractivity contribution in [1.82, 2.24) is 24.9 Å². The van der Waals surface area contributed by atoms with Crippen LogP contribution in [0.25, 0.3) is 11.7 Å². The molecule has 2 amide bonds. The summed E-state index contributed by atoms with van der Waals surface area (Å²) < 4.78 is 52.7. The van der Waals surface area contributed by atoms with Gasteiger partial charge in [-0.05, 0) is 12.5 Å². The van der Waals surface area contributed by atoms with Crippen molar-refractivity contribution in [1.29, 1.82) is 0 Å². The largest absolute Gasteiger partial charge is 0.405 e. The molecule has 4 rings (SSSR count). The quantitative estimate of drug-likeness (QED) is 0.439. The third-order valence-electron chi connectivity index (χ3n) is 4.47. The molecule has 0 spiro atoms. The summed E-state index contributed by atoms with van der Waals surface area (Å²) in [6.07, 6.45) is -2.73. The molecule has 2 saturated heterocycles. The second-order valence-electron chi connectivity index (χ2n) is 6.71. The fraction of sp³-hybridized carbons (Fsp3) is 0.438.